The first-order valence-electron chi connectivity index (χ1n) is 7.27. The van der Waals surface area contributed by atoms with Crippen molar-refractivity contribution in [3.63, 3.8) is 0 Å². The number of likely N-dealkylation sites (N-methyl/N-ethyl adjacent to an activating group) is 1. The molecule has 2 heterocycles. The van der Waals surface area contributed by atoms with Crippen LogP contribution in [-0.2, 0) is 22.6 Å². The Kier molecular flexibility index (Phi) is 4.95. The van der Waals surface area contributed by atoms with Gasteiger partial charge in [0.05, 0.1) is 23.8 Å². The topological polar surface area (TPSA) is 98.9 Å². The standard InChI is InChI=1S/C14H23N5O2/c1-8(2)4-11(13(20)15-3)19-14(21)10-5-9-12(6-16-10)18-7-17-9/h7-8,10-11,16H,4-6H2,1-3H3,(H,15,20)(H,17,18)(H,19,21). The molecule has 0 spiro atoms. The average molecular weight is 293 g/mol. The number of hydrogen-bond donors (Lipinski definition) is 4. The third-order valence-electron chi connectivity index (χ3n) is 3.63. The molecule has 2 rings (SSSR count). The first-order chi connectivity index (χ1) is 10.0. The summed E-state index contributed by atoms with van der Waals surface area (Å²) in [7, 11) is 1.58. The van der Waals surface area contributed by atoms with E-state index in [1.54, 1.807) is 13.4 Å². The van der Waals surface area contributed by atoms with Gasteiger partial charge in [0.1, 0.15) is 6.04 Å². The van der Waals surface area contributed by atoms with Crippen molar-refractivity contribution in [2.45, 2.75) is 45.3 Å². The number of nitrogens with one attached hydrogen (secondary N) is 4. The molecular formula is C14H23N5O2. The van der Waals surface area contributed by atoms with Gasteiger partial charge < -0.3 is 15.6 Å². The number of aromatic nitrogens is 2. The van der Waals surface area contributed by atoms with E-state index in [0.29, 0.717) is 25.3 Å². The quantitative estimate of drug-likeness (QED) is 0.599. The van der Waals surface area contributed by atoms with Crippen LogP contribution in [0.5, 0.6) is 0 Å². The number of hydrogen-bond acceptors (Lipinski definition) is 4. The number of fused-ring (bicyclic) bond motifs is 1. The van der Waals surface area contributed by atoms with E-state index in [0.717, 1.165) is 11.4 Å². The van der Waals surface area contributed by atoms with E-state index in [2.05, 4.69) is 25.9 Å². The Labute approximate surface area is 124 Å². The monoisotopic (exact) mass is 293 g/mol. The van der Waals surface area contributed by atoms with Crippen molar-refractivity contribution >= 4 is 11.8 Å². The Hall–Kier alpha value is -1.89. The van der Waals surface area contributed by atoms with Gasteiger partial charge in [0.2, 0.25) is 11.8 Å². The van der Waals surface area contributed by atoms with Crippen molar-refractivity contribution in [3.05, 3.63) is 17.7 Å². The van der Waals surface area contributed by atoms with Crippen LogP contribution >= 0.6 is 0 Å². The van der Waals surface area contributed by atoms with Crippen LogP contribution in [0.4, 0.5) is 0 Å². The molecule has 0 fully saturated rings. The zero-order chi connectivity index (χ0) is 15.4. The number of aromatic amines is 1. The minimum absolute atomic E-state index is 0.155. The van der Waals surface area contributed by atoms with Crippen molar-refractivity contribution in [1.82, 2.24) is 25.9 Å². The highest BCUT2D eigenvalue weighted by Gasteiger charge is 2.29. The van der Waals surface area contributed by atoms with Gasteiger partial charge in [-0.1, -0.05) is 13.8 Å². The summed E-state index contributed by atoms with van der Waals surface area (Å²) in [6, 6.07) is -0.843. The first-order valence-corrected chi connectivity index (χ1v) is 7.27. The molecule has 2 amide bonds. The largest absolute Gasteiger partial charge is 0.357 e. The summed E-state index contributed by atoms with van der Waals surface area (Å²) >= 11 is 0. The summed E-state index contributed by atoms with van der Waals surface area (Å²) in [5.74, 6) is 0.0103. The molecule has 0 radical (unpaired) electrons. The lowest BCUT2D eigenvalue weighted by molar-refractivity contribution is -0.130. The number of amides is 2. The molecule has 0 aromatic carbocycles. The third-order valence-corrected chi connectivity index (χ3v) is 3.63. The van der Waals surface area contributed by atoms with Crippen molar-refractivity contribution in [2.24, 2.45) is 5.92 Å². The van der Waals surface area contributed by atoms with Crippen LogP contribution in [0.15, 0.2) is 6.33 Å². The minimum Gasteiger partial charge on any atom is -0.357 e. The fraction of sp³-hybridized carbons (Fsp3) is 0.643. The predicted molar refractivity (Wildman–Crippen MR) is 78.4 cm³/mol. The maximum atomic E-state index is 12.4. The normalized spacial score (nSPS) is 19.0. The Bertz CT molecular complexity index is 511. The lowest BCUT2D eigenvalue weighted by atomic mass is 10.0. The van der Waals surface area contributed by atoms with Gasteiger partial charge in [-0.3, -0.25) is 14.9 Å². The molecule has 1 aromatic heterocycles. The Morgan fingerprint density at radius 2 is 2.24 bits per heavy atom. The molecule has 0 bridgehead atoms. The summed E-state index contributed by atoms with van der Waals surface area (Å²) in [6.45, 7) is 4.64. The SMILES string of the molecule is CNC(=O)C(CC(C)C)NC(=O)C1Cc2nc[nH]c2CN1. The van der Waals surface area contributed by atoms with Crippen molar-refractivity contribution in [3.8, 4) is 0 Å². The Morgan fingerprint density at radius 3 is 2.90 bits per heavy atom. The zero-order valence-electron chi connectivity index (χ0n) is 12.7. The fourth-order valence-electron chi connectivity index (χ4n) is 2.50. The fourth-order valence-corrected chi connectivity index (χ4v) is 2.50. The lowest BCUT2D eigenvalue weighted by Crippen LogP contribution is -2.54. The highest BCUT2D eigenvalue weighted by molar-refractivity contribution is 5.89. The predicted octanol–water partition coefficient (Wildman–Crippen LogP) is -0.299. The van der Waals surface area contributed by atoms with Crippen LogP contribution < -0.4 is 16.0 Å². The highest BCUT2D eigenvalue weighted by Crippen LogP contribution is 2.13. The average Bonchev–Trinajstić information content (AvgIpc) is 2.92. The second-order valence-electron chi connectivity index (χ2n) is 5.77. The van der Waals surface area contributed by atoms with Crippen LogP contribution in [0.1, 0.15) is 31.7 Å². The van der Waals surface area contributed by atoms with E-state index in [9.17, 15) is 9.59 Å². The smallest absolute Gasteiger partial charge is 0.242 e. The summed E-state index contributed by atoms with van der Waals surface area (Å²) in [5, 5.41) is 8.60. The van der Waals surface area contributed by atoms with E-state index in [1.807, 2.05) is 13.8 Å². The number of nitrogens with zero attached hydrogens (tertiary/aromatic N) is 1. The third kappa shape index (κ3) is 3.81. The molecule has 1 aliphatic heterocycles. The maximum Gasteiger partial charge on any atom is 0.242 e. The Morgan fingerprint density at radius 1 is 1.48 bits per heavy atom. The van der Waals surface area contributed by atoms with Crippen LogP contribution in [0.3, 0.4) is 0 Å². The number of carbonyl (C=O) groups excluding carboxylic acids is 2. The summed E-state index contributed by atoms with van der Waals surface area (Å²) in [5.41, 5.74) is 1.93. The molecule has 0 aliphatic carbocycles. The van der Waals surface area contributed by atoms with Crippen molar-refractivity contribution < 1.29 is 9.59 Å². The highest BCUT2D eigenvalue weighted by atomic mass is 16.2. The van der Waals surface area contributed by atoms with Crippen LogP contribution in [0.25, 0.3) is 0 Å². The van der Waals surface area contributed by atoms with Crippen molar-refractivity contribution in [1.29, 1.82) is 0 Å². The number of imidazole rings is 1. The molecule has 7 heteroatoms. The van der Waals surface area contributed by atoms with E-state index >= 15 is 0 Å². The molecule has 0 saturated heterocycles. The number of rotatable bonds is 5. The lowest BCUT2D eigenvalue weighted by Gasteiger charge is -2.25. The second-order valence-corrected chi connectivity index (χ2v) is 5.77. The minimum atomic E-state index is -0.495. The maximum absolute atomic E-state index is 12.4. The number of carbonyl (C=O) groups is 2. The molecule has 116 valence electrons. The first kappa shape index (κ1) is 15.5. The molecule has 21 heavy (non-hydrogen) atoms. The molecule has 0 saturated carbocycles. The van der Waals surface area contributed by atoms with E-state index in [-0.39, 0.29) is 17.9 Å². The molecule has 1 aromatic rings. The molecule has 1 aliphatic rings. The van der Waals surface area contributed by atoms with Crippen LogP contribution in [0.2, 0.25) is 0 Å². The molecular weight excluding hydrogens is 270 g/mol. The van der Waals surface area contributed by atoms with Gasteiger partial charge in [-0.05, 0) is 12.3 Å². The van der Waals surface area contributed by atoms with Gasteiger partial charge in [0, 0.05) is 20.0 Å². The summed E-state index contributed by atoms with van der Waals surface area (Å²) in [4.78, 5) is 31.5. The molecule has 2 atom stereocenters. The van der Waals surface area contributed by atoms with Gasteiger partial charge in [-0.2, -0.15) is 0 Å². The molecule has 4 N–H and O–H groups in total. The van der Waals surface area contributed by atoms with Crippen molar-refractivity contribution in [2.75, 3.05) is 7.05 Å². The van der Waals surface area contributed by atoms with E-state index in [1.165, 1.54) is 0 Å². The number of H-pyrrole nitrogens is 1. The molecule has 7 nitrogen and oxygen atoms in total. The van der Waals surface area contributed by atoms with Gasteiger partial charge in [0.15, 0.2) is 0 Å². The van der Waals surface area contributed by atoms with Gasteiger partial charge >= 0.3 is 0 Å². The summed E-state index contributed by atoms with van der Waals surface area (Å²) in [6.07, 6.45) is 2.79. The van der Waals surface area contributed by atoms with Crippen LogP contribution in [0, 0.1) is 5.92 Å². The van der Waals surface area contributed by atoms with E-state index in [4.69, 9.17) is 0 Å². The molecule has 2 unspecified atom stereocenters. The van der Waals surface area contributed by atoms with Gasteiger partial charge in [-0.15, -0.1) is 0 Å². The Balaban J connectivity index is 1.97. The summed E-state index contributed by atoms with van der Waals surface area (Å²) < 4.78 is 0. The second kappa shape index (κ2) is 6.71. The van der Waals surface area contributed by atoms with E-state index < -0.39 is 6.04 Å². The van der Waals surface area contributed by atoms with Crippen LogP contribution in [-0.4, -0.2) is 40.9 Å². The zero-order valence-corrected chi connectivity index (χ0v) is 12.7. The van der Waals surface area contributed by atoms with Gasteiger partial charge in [0.25, 0.3) is 0 Å². The van der Waals surface area contributed by atoms with Gasteiger partial charge in [-0.25, -0.2) is 4.98 Å².